The maximum atomic E-state index is 6.12. The molecule has 4 heteroatoms. The number of nitrogens with one attached hydrogen (secondary N) is 1. The smallest absolute Gasteiger partial charge is 0.0877 e. The van der Waals surface area contributed by atoms with Gasteiger partial charge >= 0.3 is 0 Å². The molecule has 2 aliphatic heterocycles. The lowest BCUT2D eigenvalue weighted by Crippen LogP contribution is -2.61. The summed E-state index contributed by atoms with van der Waals surface area (Å²) in [5.74, 6) is 0.664. The number of methoxy groups -OCH3 is 1. The van der Waals surface area contributed by atoms with E-state index in [2.05, 4.69) is 12.2 Å². The van der Waals surface area contributed by atoms with E-state index in [0.29, 0.717) is 12.0 Å². The second kappa shape index (κ2) is 6.53. The first-order valence-electron chi connectivity index (χ1n) is 8.74. The van der Waals surface area contributed by atoms with Crippen molar-refractivity contribution in [2.24, 2.45) is 5.92 Å². The highest BCUT2D eigenvalue weighted by molar-refractivity contribution is 5.03. The average Bonchev–Trinajstić information content (AvgIpc) is 2.52. The van der Waals surface area contributed by atoms with E-state index in [1.165, 1.54) is 25.7 Å². The van der Waals surface area contributed by atoms with Crippen LogP contribution in [-0.4, -0.2) is 50.7 Å². The van der Waals surface area contributed by atoms with Crippen molar-refractivity contribution in [2.45, 2.75) is 69.1 Å². The largest absolute Gasteiger partial charge is 0.381 e. The molecule has 2 atom stereocenters. The second-order valence-electron chi connectivity index (χ2n) is 7.05. The molecule has 0 radical (unpaired) electrons. The monoisotopic (exact) mass is 297 g/mol. The van der Waals surface area contributed by atoms with E-state index in [-0.39, 0.29) is 11.2 Å². The van der Waals surface area contributed by atoms with E-state index in [1.807, 2.05) is 7.11 Å². The van der Waals surface area contributed by atoms with E-state index in [9.17, 15) is 0 Å². The van der Waals surface area contributed by atoms with Gasteiger partial charge in [-0.15, -0.1) is 0 Å². The topological polar surface area (TPSA) is 39.7 Å². The molecule has 4 nitrogen and oxygen atoms in total. The Balaban J connectivity index is 1.75. The molecule has 1 saturated carbocycles. The number of rotatable bonds is 5. The Morgan fingerprint density at radius 2 is 1.95 bits per heavy atom. The van der Waals surface area contributed by atoms with Gasteiger partial charge in [-0.1, -0.05) is 6.92 Å². The van der Waals surface area contributed by atoms with Crippen molar-refractivity contribution in [3.8, 4) is 0 Å². The Bertz CT molecular complexity index is 337. The first-order chi connectivity index (χ1) is 10.2. The summed E-state index contributed by atoms with van der Waals surface area (Å²) in [5.41, 5.74) is 0.151. The first-order valence-corrected chi connectivity index (χ1v) is 8.74. The van der Waals surface area contributed by atoms with Crippen LogP contribution < -0.4 is 5.32 Å². The second-order valence-corrected chi connectivity index (χ2v) is 7.05. The highest BCUT2D eigenvalue weighted by Gasteiger charge is 2.50. The molecule has 0 aromatic heterocycles. The third kappa shape index (κ3) is 3.00. The van der Waals surface area contributed by atoms with Crippen molar-refractivity contribution in [3.63, 3.8) is 0 Å². The van der Waals surface area contributed by atoms with Gasteiger partial charge < -0.3 is 19.5 Å². The summed E-state index contributed by atoms with van der Waals surface area (Å²) in [6.45, 7) is 5.77. The maximum Gasteiger partial charge on any atom is 0.0877 e. The summed E-state index contributed by atoms with van der Waals surface area (Å²) in [6, 6.07) is 0.428. The molecule has 0 aromatic rings. The number of hydrogen-bond acceptors (Lipinski definition) is 4. The Kier molecular flexibility index (Phi) is 4.89. The third-order valence-electron chi connectivity index (χ3n) is 6.00. The molecule has 0 amide bonds. The van der Waals surface area contributed by atoms with Crippen LogP contribution in [0.4, 0.5) is 0 Å². The van der Waals surface area contributed by atoms with Crippen LogP contribution in [0.3, 0.4) is 0 Å². The summed E-state index contributed by atoms with van der Waals surface area (Å²) >= 11 is 0. The number of hydrogen-bond donors (Lipinski definition) is 1. The normalized spacial score (nSPS) is 32.6. The predicted molar refractivity (Wildman–Crippen MR) is 82.5 cm³/mol. The van der Waals surface area contributed by atoms with Gasteiger partial charge in [-0.25, -0.2) is 0 Å². The lowest BCUT2D eigenvalue weighted by atomic mass is 9.67. The highest BCUT2D eigenvalue weighted by atomic mass is 16.5. The molecule has 1 N–H and O–H groups in total. The molecule has 2 saturated heterocycles. The van der Waals surface area contributed by atoms with Gasteiger partial charge in [0.15, 0.2) is 0 Å². The van der Waals surface area contributed by atoms with Gasteiger partial charge in [-0.05, 0) is 44.6 Å². The van der Waals surface area contributed by atoms with E-state index in [4.69, 9.17) is 14.2 Å². The Morgan fingerprint density at radius 1 is 1.19 bits per heavy atom. The molecular weight excluding hydrogens is 266 g/mol. The lowest BCUT2D eigenvalue weighted by molar-refractivity contribution is -0.171. The standard InChI is InChI=1S/C17H31NO3/c1-3-18-15(17(19-2)8-11-20-12-9-17)14-5-10-21-16(13-14)6-4-7-16/h14-15,18H,3-13H2,1-2H3. The predicted octanol–water partition coefficient (Wildman–Crippen LogP) is 2.51. The van der Waals surface area contributed by atoms with Crippen molar-refractivity contribution >= 4 is 0 Å². The summed E-state index contributed by atoms with van der Waals surface area (Å²) in [7, 11) is 1.88. The average molecular weight is 297 g/mol. The molecule has 2 unspecified atom stereocenters. The van der Waals surface area contributed by atoms with Crippen molar-refractivity contribution in [3.05, 3.63) is 0 Å². The van der Waals surface area contributed by atoms with Crippen LogP contribution in [0.5, 0.6) is 0 Å². The molecule has 3 fully saturated rings. The zero-order valence-corrected chi connectivity index (χ0v) is 13.7. The molecule has 3 rings (SSSR count). The molecule has 3 aliphatic rings. The van der Waals surface area contributed by atoms with Crippen molar-refractivity contribution in [2.75, 3.05) is 33.5 Å². The van der Waals surface area contributed by atoms with Crippen LogP contribution in [0.2, 0.25) is 0 Å². The first kappa shape index (κ1) is 15.7. The zero-order valence-electron chi connectivity index (χ0n) is 13.7. The van der Waals surface area contributed by atoms with E-state index >= 15 is 0 Å². The summed E-state index contributed by atoms with van der Waals surface area (Å²) in [6.07, 6.45) is 8.22. The Labute approximate surface area is 128 Å². The van der Waals surface area contributed by atoms with Crippen molar-refractivity contribution in [1.29, 1.82) is 0 Å². The van der Waals surface area contributed by atoms with Crippen molar-refractivity contribution < 1.29 is 14.2 Å². The van der Waals surface area contributed by atoms with Gasteiger partial charge in [0.1, 0.15) is 0 Å². The fourth-order valence-electron chi connectivity index (χ4n) is 4.63. The van der Waals surface area contributed by atoms with Gasteiger partial charge in [0, 0.05) is 45.8 Å². The minimum absolute atomic E-state index is 0.0544. The summed E-state index contributed by atoms with van der Waals surface area (Å²) in [5, 5.41) is 3.76. The zero-order chi connectivity index (χ0) is 14.8. The fourth-order valence-corrected chi connectivity index (χ4v) is 4.63. The molecule has 21 heavy (non-hydrogen) atoms. The quantitative estimate of drug-likeness (QED) is 0.846. The molecular formula is C17H31NO3. The van der Waals surface area contributed by atoms with Crippen LogP contribution in [-0.2, 0) is 14.2 Å². The molecule has 122 valence electrons. The van der Waals surface area contributed by atoms with E-state index < -0.39 is 0 Å². The number of likely N-dealkylation sites (N-methyl/N-ethyl adjacent to an activating group) is 1. The van der Waals surface area contributed by atoms with E-state index in [0.717, 1.165) is 45.6 Å². The van der Waals surface area contributed by atoms with Crippen molar-refractivity contribution in [1.82, 2.24) is 5.32 Å². The Hall–Kier alpha value is -0.160. The molecule has 1 aliphatic carbocycles. The van der Waals surface area contributed by atoms with Gasteiger partial charge in [-0.2, -0.15) is 0 Å². The highest BCUT2D eigenvalue weighted by Crippen LogP contribution is 2.47. The van der Waals surface area contributed by atoms with Crippen LogP contribution in [0.1, 0.15) is 51.9 Å². The van der Waals surface area contributed by atoms with Crippen LogP contribution in [0.25, 0.3) is 0 Å². The molecule has 2 heterocycles. The molecule has 1 spiro atoms. The van der Waals surface area contributed by atoms with Gasteiger partial charge in [0.25, 0.3) is 0 Å². The van der Waals surface area contributed by atoms with Crippen LogP contribution >= 0.6 is 0 Å². The van der Waals surface area contributed by atoms with Crippen LogP contribution in [0.15, 0.2) is 0 Å². The van der Waals surface area contributed by atoms with Crippen LogP contribution in [0, 0.1) is 5.92 Å². The van der Waals surface area contributed by atoms with Gasteiger partial charge in [0.05, 0.1) is 11.2 Å². The minimum atomic E-state index is -0.0544. The van der Waals surface area contributed by atoms with E-state index in [1.54, 1.807) is 0 Å². The summed E-state index contributed by atoms with van der Waals surface area (Å²) in [4.78, 5) is 0. The number of ether oxygens (including phenoxy) is 3. The minimum Gasteiger partial charge on any atom is -0.381 e. The van der Waals surface area contributed by atoms with Gasteiger partial charge in [0.2, 0.25) is 0 Å². The van der Waals surface area contributed by atoms with Gasteiger partial charge in [-0.3, -0.25) is 0 Å². The third-order valence-corrected chi connectivity index (χ3v) is 6.00. The molecule has 0 bridgehead atoms. The molecule has 0 aromatic carbocycles. The summed E-state index contributed by atoms with van der Waals surface area (Å²) < 4.78 is 17.8. The lowest BCUT2D eigenvalue weighted by Gasteiger charge is -2.52. The fraction of sp³-hybridized carbons (Fsp3) is 1.00. The maximum absolute atomic E-state index is 6.12. The Morgan fingerprint density at radius 3 is 2.52 bits per heavy atom. The SMILES string of the molecule is CCNC(C1CCOC2(CCC2)C1)C1(OC)CCOCC1.